The first-order valence-corrected chi connectivity index (χ1v) is 9.92. The molecule has 1 aliphatic rings. The maximum atomic E-state index is 13.6. The molecular formula is C22H23F2N5O2. The summed E-state index contributed by atoms with van der Waals surface area (Å²) < 4.78 is 28.6. The molecule has 9 heteroatoms. The highest BCUT2D eigenvalue weighted by Gasteiger charge is 2.35. The summed E-state index contributed by atoms with van der Waals surface area (Å²) in [7, 11) is 1.80. The van der Waals surface area contributed by atoms with Crippen LogP contribution in [0.4, 0.5) is 14.6 Å². The van der Waals surface area contributed by atoms with Crippen LogP contribution >= 0.6 is 0 Å². The van der Waals surface area contributed by atoms with Gasteiger partial charge in [-0.15, -0.1) is 0 Å². The molecule has 1 aromatic carbocycles. The number of carbonyl (C=O) groups is 1. The number of nitrogens with two attached hydrogens (primary N) is 1. The minimum Gasteiger partial charge on any atom is -0.385 e. The summed E-state index contributed by atoms with van der Waals surface area (Å²) >= 11 is 0. The van der Waals surface area contributed by atoms with Gasteiger partial charge in [0.15, 0.2) is 11.6 Å². The van der Waals surface area contributed by atoms with Crippen molar-refractivity contribution in [2.45, 2.75) is 25.4 Å². The lowest BCUT2D eigenvalue weighted by atomic mass is 9.84. The highest BCUT2D eigenvalue weighted by Crippen LogP contribution is 2.35. The van der Waals surface area contributed by atoms with E-state index in [0.717, 1.165) is 23.4 Å². The molecule has 4 rings (SSSR count). The fourth-order valence-corrected chi connectivity index (χ4v) is 3.99. The van der Waals surface area contributed by atoms with E-state index >= 15 is 0 Å². The Labute approximate surface area is 178 Å². The van der Waals surface area contributed by atoms with Gasteiger partial charge in [0.25, 0.3) is 0 Å². The van der Waals surface area contributed by atoms with Crippen LogP contribution in [0.25, 0.3) is 11.3 Å². The van der Waals surface area contributed by atoms with Crippen molar-refractivity contribution in [2.24, 2.45) is 12.8 Å². The SMILES string of the molecule is Cc1nn(C)cc1-c1cc(C(N)=O)cc(N2CCC(O)(c3ccc(F)c(F)c3)CC2)n1. The average molecular weight is 427 g/mol. The van der Waals surface area contributed by atoms with Crippen LogP contribution in [0.1, 0.15) is 34.5 Å². The number of aromatic nitrogens is 3. The average Bonchev–Trinajstić information content (AvgIpc) is 3.08. The molecule has 162 valence electrons. The zero-order valence-corrected chi connectivity index (χ0v) is 17.3. The van der Waals surface area contributed by atoms with Gasteiger partial charge in [0.1, 0.15) is 5.82 Å². The van der Waals surface area contributed by atoms with Gasteiger partial charge in [-0.1, -0.05) is 6.07 Å². The highest BCUT2D eigenvalue weighted by molar-refractivity contribution is 5.94. The molecule has 0 aliphatic carbocycles. The normalized spacial score (nSPS) is 15.8. The van der Waals surface area contributed by atoms with E-state index in [1.54, 1.807) is 23.9 Å². The van der Waals surface area contributed by atoms with Gasteiger partial charge in [-0.25, -0.2) is 13.8 Å². The second kappa shape index (κ2) is 7.73. The lowest BCUT2D eigenvalue weighted by molar-refractivity contribution is 0.0113. The predicted molar refractivity (Wildman–Crippen MR) is 111 cm³/mol. The van der Waals surface area contributed by atoms with E-state index in [4.69, 9.17) is 10.7 Å². The van der Waals surface area contributed by atoms with E-state index in [1.165, 1.54) is 6.07 Å². The van der Waals surface area contributed by atoms with Crippen molar-refractivity contribution in [2.75, 3.05) is 18.0 Å². The van der Waals surface area contributed by atoms with E-state index in [1.807, 2.05) is 18.0 Å². The van der Waals surface area contributed by atoms with Gasteiger partial charge in [-0.3, -0.25) is 9.48 Å². The summed E-state index contributed by atoms with van der Waals surface area (Å²) in [6, 6.07) is 6.73. The first kappa shape index (κ1) is 20.9. The van der Waals surface area contributed by atoms with Crippen LogP contribution in [0.5, 0.6) is 0 Å². The monoisotopic (exact) mass is 427 g/mol. The maximum Gasteiger partial charge on any atom is 0.248 e. The number of aryl methyl sites for hydroxylation is 2. The molecule has 0 spiro atoms. The molecule has 1 saturated heterocycles. The number of benzene rings is 1. The third-order valence-corrected chi connectivity index (χ3v) is 5.76. The van der Waals surface area contributed by atoms with Gasteiger partial charge in [0.2, 0.25) is 5.91 Å². The smallest absolute Gasteiger partial charge is 0.248 e. The van der Waals surface area contributed by atoms with Crippen LogP contribution in [0.15, 0.2) is 36.5 Å². The number of piperidine rings is 1. The summed E-state index contributed by atoms with van der Waals surface area (Å²) in [5.41, 5.74) is 7.08. The van der Waals surface area contributed by atoms with Crippen LogP contribution < -0.4 is 10.6 Å². The Morgan fingerprint density at radius 3 is 2.45 bits per heavy atom. The van der Waals surface area contributed by atoms with Crippen molar-refractivity contribution in [3.05, 3.63) is 65.0 Å². The molecule has 3 N–H and O–H groups in total. The van der Waals surface area contributed by atoms with Crippen LogP contribution in [0, 0.1) is 18.6 Å². The zero-order chi connectivity index (χ0) is 22.3. The van der Waals surface area contributed by atoms with Gasteiger partial charge < -0.3 is 15.7 Å². The summed E-state index contributed by atoms with van der Waals surface area (Å²) in [5.74, 6) is -1.94. The number of pyridine rings is 1. The number of hydrogen-bond donors (Lipinski definition) is 2. The van der Waals surface area contributed by atoms with Gasteiger partial charge >= 0.3 is 0 Å². The molecule has 1 amide bonds. The van der Waals surface area contributed by atoms with Crippen molar-refractivity contribution in [1.82, 2.24) is 14.8 Å². The molecule has 0 atom stereocenters. The standard InChI is InChI=1S/C22H23F2N5O2/c1-13-16(12-28(2)27-13)19-9-14(21(25)30)10-20(26-19)29-7-5-22(31,6-8-29)15-3-4-17(23)18(24)11-15/h3-4,9-12,31H,5-8H2,1-2H3,(H2,25,30). The molecule has 3 aromatic rings. The minimum absolute atomic E-state index is 0.293. The zero-order valence-electron chi connectivity index (χ0n) is 17.3. The molecule has 3 heterocycles. The molecular weight excluding hydrogens is 404 g/mol. The van der Waals surface area contributed by atoms with Gasteiger partial charge in [-0.2, -0.15) is 5.10 Å². The quantitative estimate of drug-likeness (QED) is 0.667. The number of aliphatic hydroxyl groups is 1. The number of anilines is 1. The molecule has 1 aliphatic heterocycles. The number of primary amides is 1. The lowest BCUT2D eigenvalue weighted by Crippen LogP contribution is -2.43. The van der Waals surface area contributed by atoms with Crippen LogP contribution in [-0.2, 0) is 12.6 Å². The van der Waals surface area contributed by atoms with Crippen LogP contribution in [0.2, 0.25) is 0 Å². The molecule has 31 heavy (non-hydrogen) atoms. The van der Waals surface area contributed by atoms with Crippen molar-refractivity contribution in [1.29, 1.82) is 0 Å². The first-order chi connectivity index (χ1) is 14.7. The Morgan fingerprint density at radius 1 is 1.16 bits per heavy atom. The fraction of sp³-hybridized carbons (Fsp3) is 0.318. The predicted octanol–water partition coefficient (Wildman–Crippen LogP) is 2.66. The molecule has 0 bridgehead atoms. The van der Waals surface area contributed by atoms with Crippen LogP contribution in [-0.4, -0.2) is 38.9 Å². The van der Waals surface area contributed by atoms with Crippen LogP contribution in [0.3, 0.4) is 0 Å². The van der Waals surface area contributed by atoms with E-state index in [0.29, 0.717) is 48.6 Å². The molecule has 2 aromatic heterocycles. The van der Waals surface area contributed by atoms with E-state index in [2.05, 4.69) is 5.10 Å². The largest absolute Gasteiger partial charge is 0.385 e. The van der Waals surface area contributed by atoms with Crippen molar-refractivity contribution in [3.63, 3.8) is 0 Å². The van der Waals surface area contributed by atoms with E-state index in [9.17, 15) is 18.7 Å². The molecule has 7 nitrogen and oxygen atoms in total. The molecule has 0 unspecified atom stereocenters. The summed E-state index contributed by atoms with van der Waals surface area (Å²) in [6.45, 7) is 2.68. The first-order valence-electron chi connectivity index (χ1n) is 9.92. The Kier molecular flexibility index (Phi) is 5.22. The second-order valence-corrected chi connectivity index (χ2v) is 7.91. The second-order valence-electron chi connectivity index (χ2n) is 7.91. The lowest BCUT2D eigenvalue weighted by Gasteiger charge is -2.39. The number of amides is 1. The number of nitrogens with zero attached hydrogens (tertiary/aromatic N) is 4. The molecule has 1 fully saturated rings. The molecule has 0 saturated carbocycles. The van der Waals surface area contributed by atoms with Gasteiger partial charge in [-0.05, 0) is 49.6 Å². The summed E-state index contributed by atoms with van der Waals surface area (Å²) in [4.78, 5) is 18.6. The van der Waals surface area contributed by atoms with E-state index < -0.39 is 23.1 Å². The van der Waals surface area contributed by atoms with Crippen molar-refractivity contribution < 1.29 is 18.7 Å². The maximum absolute atomic E-state index is 13.6. The number of rotatable bonds is 4. The third-order valence-electron chi connectivity index (χ3n) is 5.76. The minimum atomic E-state index is -1.27. The van der Waals surface area contributed by atoms with Gasteiger partial charge in [0.05, 0.1) is 17.0 Å². The topological polar surface area (TPSA) is 97.3 Å². The van der Waals surface area contributed by atoms with Crippen molar-refractivity contribution in [3.8, 4) is 11.3 Å². The number of carbonyl (C=O) groups excluding carboxylic acids is 1. The summed E-state index contributed by atoms with van der Waals surface area (Å²) in [5, 5.41) is 15.3. The summed E-state index contributed by atoms with van der Waals surface area (Å²) in [6.07, 6.45) is 2.41. The Morgan fingerprint density at radius 2 is 1.87 bits per heavy atom. The Balaban J connectivity index is 1.62. The number of halogens is 2. The fourth-order valence-electron chi connectivity index (χ4n) is 3.99. The van der Waals surface area contributed by atoms with Crippen molar-refractivity contribution >= 4 is 11.7 Å². The Bertz CT molecular complexity index is 1150. The third kappa shape index (κ3) is 4.00. The number of hydrogen-bond acceptors (Lipinski definition) is 5. The van der Waals surface area contributed by atoms with E-state index in [-0.39, 0.29) is 0 Å². The molecule has 0 radical (unpaired) electrons. The highest BCUT2D eigenvalue weighted by atomic mass is 19.2. The Hall–Kier alpha value is -3.33. The van der Waals surface area contributed by atoms with Gasteiger partial charge in [0, 0.05) is 37.5 Å².